The lowest BCUT2D eigenvalue weighted by Gasteiger charge is -2.28. The Morgan fingerprint density at radius 3 is 2.54 bits per heavy atom. The lowest BCUT2D eigenvalue weighted by Crippen LogP contribution is -2.45. The molecule has 0 saturated carbocycles. The number of esters is 1. The highest BCUT2D eigenvalue weighted by Crippen LogP contribution is 2.29. The Bertz CT molecular complexity index is 879. The fourth-order valence-electron chi connectivity index (χ4n) is 2.92. The van der Waals surface area contributed by atoms with Crippen LogP contribution in [0.4, 0.5) is 4.79 Å². The fourth-order valence-corrected chi connectivity index (χ4v) is 2.92. The summed E-state index contributed by atoms with van der Waals surface area (Å²) >= 11 is 0. The van der Waals surface area contributed by atoms with Crippen molar-refractivity contribution in [2.24, 2.45) is 0 Å². The van der Waals surface area contributed by atoms with Gasteiger partial charge in [0.25, 0.3) is 0 Å². The smallest absolute Gasteiger partial charge is 0.338 e. The molecule has 0 bridgehead atoms. The Kier molecular flexibility index (Phi) is 6.16. The highest BCUT2D eigenvalue weighted by Gasteiger charge is 2.32. The number of nitrogens with one attached hydrogen (secondary N) is 2. The molecule has 2 aromatic rings. The number of carbonyl (C=O) groups is 2. The van der Waals surface area contributed by atoms with Crippen molar-refractivity contribution >= 4 is 12.0 Å². The van der Waals surface area contributed by atoms with Crippen LogP contribution in [0.3, 0.4) is 0 Å². The molecular formula is C21H22N2O5. The second kappa shape index (κ2) is 8.94. The Morgan fingerprint density at radius 1 is 1.04 bits per heavy atom. The molecule has 0 saturated heterocycles. The molecule has 2 aromatic carbocycles. The summed E-state index contributed by atoms with van der Waals surface area (Å²) < 4.78 is 16.1. The first-order valence-corrected chi connectivity index (χ1v) is 8.85. The molecule has 1 atom stereocenters. The van der Waals surface area contributed by atoms with Crippen LogP contribution in [0.1, 0.15) is 18.5 Å². The molecule has 0 fully saturated rings. The van der Waals surface area contributed by atoms with E-state index in [1.165, 1.54) is 0 Å². The minimum Gasteiger partial charge on any atom is -0.497 e. The minimum atomic E-state index is -0.633. The molecule has 0 aliphatic carbocycles. The van der Waals surface area contributed by atoms with Gasteiger partial charge in [0.05, 0.1) is 18.7 Å². The van der Waals surface area contributed by atoms with Crippen LogP contribution in [0.2, 0.25) is 0 Å². The monoisotopic (exact) mass is 382 g/mol. The van der Waals surface area contributed by atoms with Gasteiger partial charge in [0, 0.05) is 5.70 Å². The quantitative estimate of drug-likeness (QED) is 0.568. The molecule has 0 unspecified atom stereocenters. The Hall–Kier alpha value is -3.48. The molecule has 2 N–H and O–H groups in total. The zero-order valence-electron chi connectivity index (χ0n) is 15.7. The van der Waals surface area contributed by atoms with E-state index in [-0.39, 0.29) is 19.2 Å². The summed E-state index contributed by atoms with van der Waals surface area (Å²) in [6.07, 6.45) is 0. The van der Waals surface area contributed by atoms with Gasteiger partial charge in [-0.1, -0.05) is 30.3 Å². The van der Waals surface area contributed by atoms with Gasteiger partial charge >= 0.3 is 12.0 Å². The summed E-state index contributed by atoms with van der Waals surface area (Å²) in [5, 5.41) is 5.39. The number of rotatable bonds is 7. The molecule has 28 heavy (non-hydrogen) atoms. The van der Waals surface area contributed by atoms with Crippen molar-refractivity contribution in [1.82, 2.24) is 10.6 Å². The maximum atomic E-state index is 12.7. The van der Waals surface area contributed by atoms with Crippen molar-refractivity contribution in [1.29, 1.82) is 0 Å². The summed E-state index contributed by atoms with van der Waals surface area (Å²) in [6, 6.07) is 15.5. The number of benzene rings is 2. The van der Waals surface area contributed by atoms with Gasteiger partial charge in [-0.15, -0.1) is 0 Å². The van der Waals surface area contributed by atoms with E-state index in [2.05, 4.69) is 10.6 Å². The molecule has 1 aliphatic heterocycles. The summed E-state index contributed by atoms with van der Waals surface area (Å²) in [6.45, 7) is 1.98. The third-order valence-electron chi connectivity index (χ3n) is 4.24. The van der Waals surface area contributed by atoms with Crippen molar-refractivity contribution in [2.45, 2.75) is 13.0 Å². The highest BCUT2D eigenvalue weighted by molar-refractivity contribution is 5.95. The molecule has 1 heterocycles. The lowest BCUT2D eigenvalue weighted by molar-refractivity contribution is -0.140. The Labute approximate surface area is 163 Å². The maximum absolute atomic E-state index is 12.7. The van der Waals surface area contributed by atoms with Gasteiger partial charge < -0.3 is 24.8 Å². The zero-order valence-corrected chi connectivity index (χ0v) is 15.7. The predicted octanol–water partition coefficient (Wildman–Crippen LogP) is 2.95. The first kappa shape index (κ1) is 19.3. The van der Waals surface area contributed by atoms with E-state index < -0.39 is 12.0 Å². The van der Waals surface area contributed by atoms with Gasteiger partial charge in [0.2, 0.25) is 0 Å². The average Bonchev–Trinajstić information content (AvgIpc) is 2.71. The van der Waals surface area contributed by atoms with Crippen molar-refractivity contribution in [3.63, 3.8) is 0 Å². The van der Waals surface area contributed by atoms with Crippen LogP contribution in [0.5, 0.6) is 11.5 Å². The molecule has 146 valence electrons. The van der Waals surface area contributed by atoms with E-state index in [1.807, 2.05) is 36.4 Å². The molecular weight excluding hydrogens is 360 g/mol. The number of methoxy groups -OCH3 is 1. The van der Waals surface area contributed by atoms with Crippen molar-refractivity contribution in [3.05, 3.63) is 71.4 Å². The maximum Gasteiger partial charge on any atom is 0.338 e. The largest absolute Gasteiger partial charge is 0.497 e. The SMILES string of the molecule is COc1cccc([C@H]2NC(=O)NC(C)=C2C(=O)OCCOc2ccccc2)c1. The molecule has 0 spiro atoms. The van der Waals surface area contributed by atoms with Gasteiger partial charge in [-0.05, 0) is 36.8 Å². The van der Waals surface area contributed by atoms with Crippen LogP contribution in [0.15, 0.2) is 65.9 Å². The molecule has 7 heteroatoms. The van der Waals surface area contributed by atoms with E-state index in [4.69, 9.17) is 14.2 Å². The number of carbonyl (C=O) groups excluding carboxylic acids is 2. The van der Waals surface area contributed by atoms with Gasteiger partial charge in [0.15, 0.2) is 0 Å². The molecule has 7 nitrogen and oxygen atoms in total. The number of ether oxygens (including phenoxy) is 3. The topological polar surface area (TPSA) is 85.9 Å². The highest BCUT2D eigenvalue weighted by atomic mass is 16.6. The third-order valence-corrected chi connectivity index (χ3v) is 4.24. The molecule has 3 rings (SSSR count). The normalized spacial score (nSPS) is 16.1. The van der Waals surface area contributed by atoms with Crippen molar-refractivity contribution < 1.29 is 23.8 Å². The number of urea groups is 1. The number of amides is 2. The van der Waals surface area contributed by atoms with E-state index in [0.717, 1.165) is 5.56 Å². The van der Waals surface area contributed by atoms with Gasteiger partial charge in [0.1, 0.15) is 24.7 Å². The fraction of sp³-hybridized carbons (Fsp3) is 0.238. The van der Waals surface area contributed by atoms with E-state index in [9.17, 15) is 9.59 Å². The van der Waals surface area contributed by atoms with Crippen LogP contribution in [-0.2, 0) is 9.53 Å². The van der Waals surface area contributed by atoms with Gasteiger partial charge in [-0.25, -0.2) is 9.59 Å². The Balaban J connectivity index is 1.69. The summed E-state index contributed by atoms with van der Waals surface area (Å²) in [5.41, 5.74) is 1.51. The van der Waals surface area contributed by atoms with Gasteiger partial charge in [-0.3, -0.25) is 0 Å². The second-order valence-corrected chi connectivity index (χ2v) is 6.14. The van der Waals surface area contributed by atoms with Crippen molar-refractivity contribution in [3.8, 4) is 11.5 Å². The van der Waals surface area contributed by atoms with Gasteiger partial charge in [-0.2, -0.15) is 0 Å². The molecule has 1 aliphatic rings. The van der Waals surface area contributed by atoms with E-state index in [1.54, 1.807) is 32.2 Å². The third kappa shape index (κ3) is 4.62. The summed E-state index contributed by atoms with van der Waals surface area (Å²) in [7, 11) is 1.56. The number of hydrogen-bond donors (Lipinski definition) is 2. The van der Waals surface area contributed by atoms with Crippen LogP contribution in [0, 0.1) is 0 Å². The van der Waals surface area contributed by atoms with Crippen molar-refractivity contribution in [2.75, 3.05) is 20.3 Å². The first-order chi connectivity index (χ1) is 13.6. The second-order valence-electron chi connectivity index (χ2n) is 6.14. The number of para-hydroxylation sites is 1. The van der Waals surface area contributed by atoms with Crippen LogP contribution >= 0.6 is 0 Å². The predicted molar refractivity (Wildman–Crippen MR) is 103 cm³/mol. The van der Waals surface area contributed by atoms with Crippen LogP contribution in [0.25, 0.3) is 0 Å². The Morgan fingerprint density at radius 2 is 1.79 bits per heavy atom. The number of allylic oxidation sites excluding steroid dienone is 1. The van der Waals surface area contributed by atoms with E-state index in [0.29, 0.717) is 22.8 Å². The van der Waals surface area contributed by atoms with Crippen LogP contribution in [-0.4, -0.2) is 32.3 Å². The molecule has 0 radical (unpaired) electrons. The minimum absolute atomic E-state index is 0.0866. The lowest BCUT2D eigenvalue weighted by atomic mass is 9.95. The van der Waals surface area contributed by atoms with Crippen LogP contribution < -0.4 is 20.1 Å². The number of hydrogen-bond acceptors (Lipinski definition) is 5. The summed E-state index contributed by atoms with van der Waals surface area (Å²) in [4.78, 5) is 24.6. The molecule has 0 aromatic heterocycles. The van der Waals surface area contributed by atoms with E-state index >= 15 is 0 Å². The first-order valence-electron chi connectivity index (χ1n) is 8.85. The molecule has 2 amide bonds. The average molecular weight is 382 g/mol. The summed E-state index contributed by atoms with van der Waals surface area (Å²) in [5.74, 6) is 0.816. The standard InChI is InChI=1S/C21H22N2O5/c1-14-18(20(24)28-12-11-27-16-8-4-3-5-9-16)19(23-21(25)22-14)15-7-6-10-17(13-15)26-2/h3-10,13,19H,11-12H2,1-2H3,(H2,22,23,25)/t19-/m1/s1. The zero-order chi connectivity index (χ0) is 19.9.